The van der Waals surface area contributed by atoms with Gasteiger partial charge in [-0.3, -0.25) is 9.69 Å². The van der Waals surface area contributed by atoms with Crippen LogP contribution in [0.15, 0.2) is 41.5 Å². The van der Waals surface area contributed by atoms with E-state index in [9.17, 15) is 9.59 Å². The van der Waals surface area contributed by atoms with E-state index < -0.39 is 0 Å². The van der Waals surface area contributed by atoms with Crippen molar-refractivity contribution in [3.63, 3.8) is 0 Å². The number of piperidine rings is 1. The molecule has 3 aliphatic rings. The van der Waals surface area contributed by atoms with Crippen molar-refractivity contribution in [2.75, 3.05) is 50.7 Å². The summed E-state index contributed by atoms with van der Waals surface area (Å²) in [6.07, 6.45) is 5.03. The van der Waals surface area contributed by atoms with E-state index in [1.807, 2.05) is 31.2 Å². The summed E-state index contributed by atoms with van der Waals surface area (Å²) in [5, 5.41) is 9.07. The second-order valence-electron chi connectivity index (χ2n) is 10.3. The van der Waals surface area contributed by atoms with Crippen LogP contribution in [0.3, 0.4) is 0 Å². The first kappa shape index (κ1) is 24.9. The zero-order valence-electron chi connectivity index (χ0n) is 22.0. The molecule has 0 aliphatic carbocycles. The van der Waals surface area contributed by atoms with Crippen molar-refractivity contribution in [2.24, 2.45) is 10.5 Å². The number of urea groups is 1. The van der Waals surface area contributed by atoms with Crippen LogP contribution in [0.2, 0.25) is 0 Å². The number of carbonyl (C=O) groups excluding carboxylic acids is 2. The monoisotopic (exact) mass is 505 g/mol. The van der Waals surface area contributed by atoms with Crippen LogP contribution < -0.4 is 24.6 Å². The number of amides is 3. The number of hydrogen-bond donors (Lipinski definition) is 1. The molecule has 3 heterocycles. The van der Waals surface area contributed by atoms with Crippen LogP contribution in [0.4, 0.5) is 16.2 Å². The molecule has 3 aliphatic heterocycles. The molecule has 0 aromatic heterocycles. The molecular formula is C28H35N5O4. The molecule has 0 saturated carbocycles. The number of carbonyl (C=O) groups is 2. The van der Waals surface area contributed by atoms with Gasteiger partial charge in [0.05, 0.1) is 26.5 Å². The molecule has 1 spiro atoms. The van der Waals surface area contributed by atoms with E-state index in [2.05, 4.69) is 27.5 Å². The Morgan fingerprint density at radius 2 is 1.78 bits per heavy atom. The Morgan fingerprint density at radius 3 is 2.41 bits per heavy atom. The van der Waals surface area contributed by atoms with Crippen LogP contribution in [-0.2, 0) is 11.2 Å². The van der Waals surface area contributed by atoms with Crippen LogP contribution in [0.1, 0.15) is 37.3 Å². The Hall–Kier alpha value is -3.75. The maximum atomic E-state index is 13.5. The quantitative estimate of drug-likeness (QED) is 0.686. The fraction of sp³-hybridized carbons (Fsp3) is 0.464. The Bertz CT molecular complexity index is 1200. The molecule has 2 saturated heterocycles. The Labute approximate surface area is 218 Å². The highest BCUT2D eigenvalue weighted by molar-refractivity contribution is 5.93. The second-order valence-corrected chi connectivity index (χ2v) is 10.3. The number of hydrazone groups is 1. The summed E-state index contributed by atoms with van der Waals surface area (Å²) in [6, 6.07) is 11.6. The molecular weight excluding hydrogens is 470 g/mol. The molecule has 2 aromatic rings. The SMILES string of the molecule is COc1cc2c(cc1OC)CC(C)N(C(=O)N(C)c1ccc(N3CCC4(CC3)CNC(=O)C4)cc1)N=C2. The van der Waals surface area contributed by atoms with Crippen molar-refractivity contribution in [2.45, 2.75) is 38.6 Å². The number of rotatable bonds is 4. The van der Waals surface area contributed by atoms with Gasteiger partial charge in [0.25, 0.3) is 0 Å². The lowest BCUT2D eigenvalue weighted by Crippen LogP contribution is -2.43. The minimum Gasteiger partial charge on any atom is -0.493 e. The highest BCUT2D eigenvalue weighted by atomic mass is 16.5. The smallest absolute Gasteiger partial charge is 0.344 e. The van der Waals surface area contributed by atoms with E-state index in [0.717, 1.165) is 55.0 Å². The second kappa shape index (κ2) is 9.95. The Morgan fingerprint density at radius 1 is 1.11 bits per heavy atom. The fourth-order valence-corrected chi connectivity index (χ4v) is 5.61. The third kappa shape index (κ3) is 4.82. The number of anilines is 2. The van der Waals surface area contributed by atoms with Crippen LogP contribution in [0, 0.1) is 5.41 Å². The molecule has 1 N–H and O–H groups in total. The number of fused-ring (bicyclic) bond motifs is 1. The van der Waals surface area contributed by atoms with Crippen LogP contribution in [0.25, 0.3) is 0 Å². The van der Waals surface area contributed by atoms with E-state index in [1.54, 1.807) is 32.4 Å². The number of methoxy groups -OCH3 is 2. The first-order valence-electron chi connectivity index (χ1n) is 12.8. The predicted octanol–water partition coefficient (Wildman–Crippen LogP) is 3.65. The van der Waals surface area contributed by atoms with E-state index in [1.165, 1.54) is 5.01 Å². The molecule has 37 heavy (non-hydrogen) atoms. The van der Waals surface area contributed by atoms with E-state index >= 15 is 0 Å². The Kier molecular flexibility index (Phi) is 6.70. The first-order valence-corrected chi connectivity index (χ1v) is 12.8. The zero-order chi connectivity index (χ0) is 26.2. The van der Waals surface area contributed by atoms with Gasteiger partial charge in [-0.2, -0.15) is 5.10 Å². The van der Waals surface area contributed by atoms with Crippen LogP contribution in [0.5, 0.6) is 11.5 Å². The standard InChI is InChI=1S/C28H35N5O4/c1-19-13-20-14-24(36-3)25(37-4)15-21(20)17-30-33(19)27(35)31(2)22-5-7-23(8-6-22)32-11-9-28(10-12-32)16-26(34)29-18-28/h5-8,14-15,17,19H,9-13,16,18H2,1-4H3,(H,29,34). The lowest BCUT2D eigenvalue weighted by Gasteiger charge is -2.39. The molecule has 2 aromatic carbocycles. The van der Waals surface area contributed by atoms with Gasteiger partial charge in [-0.05, 0) is 73.6 Å². The predicted molar refractivity (Wildman–Crippen MR) is 144 cm³/mol. The summed E-state index contributed by atoms with van der Waals surface area (Å²) < 4.78 is 10.9. The van der Waals surface area contributed by atoms with Crippen molar-refractivity contribution < 1.29 is 19.1 Å². The van der Waals surface area contributed by atoms with Gasteiger partial charge in [0.2, 0.25) is 5.91 Å². The molecule has 2 fully saturated rings. The van der Waals surface area contributed by atoms with E-state index in [4.69, 9.17) is 9.47 Å². The van der Waals surface area contributed by atoms with E-state index in [-0.39, 0.29) is 23.4 Å². The van der Waals surface area contributed by atoms with Crippen molar-refractivity contribution in [1.29, 1.82) is 0 Å². The minimum atomic E-state index is -0.193. The molecule has 9 heteroatoms. The summed E-state index contributed by atoms with van der Waals surface area (Å²) in [5.74, 6) is 1.47. The number of nitrogens with one attached hydrogen (secondary N) is 1. The maximum Gasteiger partial charge on any atom is 0.344 e. The molecule has 0 radical (unpaired) electrons. The van der Waals surface area contributed by atoms with Gasteiger partial charge < -0.3 is 19.7 Å². The van der Waals surface area contributed by atoms with Crippen LogP contribution in [-0.4, -0.2) is 70.1 Å². The van der Waals surface area contributed by atoms with Gasteiger partial charge in [-0.25, -0.2) is 9.80 Å². The molecule has 1 unspecified atom stereocenters. The average Bonchev–Trinajstić information content (AvgIpc) is 3.19. The normalized spacial score (nSPS) is 20.3. The summed E-state index contributed by atoms with van der Waals surface area (Å²) >= 11 is 0. The number of ether oxygens (including phenoxy) is 2. The summed E-state index contributed by atoms with van der Waals surface area (Å²) in [5.41, 5.74) is 4.03. The number of benzene rings is 2. The van der Waals surface area contributed by atoms with Gasteiger partial charge in [0.1, 0.15) is 0 Å². The van der Waals surface area contributed by atoms with Gasteiger partial charge in [-0.1, -0.05) is 0 Å². The van der Waals surface area contributed by atoms with E-state index in [0.29, 0.717) is 24.3 Å². The van der Waals surface area contributed by atoms with Crippen molar-refractivity contribution in [1.82, 2.24) is 10.3 Å². The Balaban J connectivity index is 1.25. The molecule has 196 valence electrons. The van der Waals surface area contributed by atoms with Crippen LogP contribution >= 0.6 is 0 Å². The lowest BCUT2D eigenvalue weighted by molar-refractivity contribution is -0.119. The summed E-state index contributed by atoms with van der Waals surface area (Å²) in [7, 11) is 5.00. The third-order valence-electron chi connectivity index (χ3n) is 8.00. The molecule has 3 amide bonds. The third-order valence-corrected chi connectivity index (χ3v) is 8.00. The number of nitrogens with zero attached hydrogens (tertiary/aromatic N) is 4. The zero-order valence-corrected chi connectivity index (χ0v) is 22.0. The highest BCUT2D eigenvalue weighted by Gasteiger charge is 2.40. The van der Waals surface area contributed by atoms with Gasteiger partial charge in [0.15, 0.2) is 11.5 Å². The van der Waals surface area contributed by atoms with Crippen molar-refractivity contribution in [3.8, 4) is 11.5 Å². The highest BCUT2D eigenvalue weighted by Crippen LogP contribution is 2.39. The van der Waals surface area contributed by atoms with Crippen molar-refractivity contribution in [3.05, 3.63) is 47.5 Å². The molecule has 0 bridgehead atoms. The average molecular weight is 506 g/mol. The van der Waals surface area contributed by atoms with Crippen molar-refractivity contribution >= 4 is 29.5 Å². The summed E-state index contributed by atoms with van der Waals surface area (Å²) in [4.78, 5) is 29.2. The topological polar surface area (TPSA) is 86.7 Å². The largest absolute Gasteiger partial charge is 0.493 e. The molecule has 9 nitrogen and oxygen atoms in total. The first-order chi connectivity index (χ1) is 17.8. The molecule has 5 rings (SSSR count). The van der Waals surface area contributed by atoms with Gasteiger partial charge in [-0.15, -0.1) is 0 Å². The maximum absolute atomic E-state index is 13.5. The summed E-state index contributed by atoms with van der Waals surface area (Å²) in [6.45, 7) is 4.65. The van der Waals surface area contributed by atoms with Gasteiger partial charge in [0, 0.05) is 50.0 Å². The fourth-order valence-electron chi connectivity index (χ4n) is 5.61. The number of hydrogen-bond acceptors (Lipinski definition) is 6. The van der Waals surface area contributed by atoms with Gasteiger partial charge >= 0.3 is 6.03 Å². The minimum absolute atomic E-state index is 0.125. The lowest BCUT2D eigenvalue weighted by atomic mass is 9.77. The molecule has 1 atom stereocenters.